The maximum atomic E-state index is 9.97. The number of hydrogen-bond donors (Lipinski definition) is 1. The smallest absolute Gasteiger partial charge is 0.119 e. The summed E-state index contributed by atoms with van der Waals surface area (Å²) in [6.45, 7) is 4.74. The molecule has 2 unspecified atom stereocenters. The Morgan fingerprint density at radius 2 is 1.88 bits per heavy atom. The first kappa shape index (κ1) is 14.0. The minimum absolute atomic E-state index is 0.0565. The fraction of sp³-hybridized carbons (Fsp3) is 0.571. The van der Waals surface area contributed by atoms with Gasteiger partial charge in [-0.15, -0.1) is 0 Å². The second-order valence-electron chi connectivity index (χ2n) is 4.22. The fourth-order valence-corrected chi connectivity index (χ4v) is 1.55. The van der Waals surface area contributed by atoms with Gasteiger partial charge in [-0.25, -0.2) is 0 Å². The molecule has 0 saturated heterocycles. The number of aliphatic hydroxyl groups is 1. The van der Waals surface area contributed by atoms with Gasteiger partial charge in [0.15, 0.2) is 0 Å². The molecule has 0 aromatic heterocycles. The highest BCUT2D eigenvalue weighted by Crippen LogP contribution is 2.22. The van der Waals surface area contributed by atoms with Crippen LogP contribution in [0.4, 0.5) is 0 Å². The summed E-state index contributed by atoms with van der Waals surface area (Å²) in [6.07, 6.45) is 1.17. The fourth-order valence-electron chi connectivity index (χ4n) is 1.55. The van der Waals surface area contributed by atoms with Crippen molar-refractivity contribution in [3.63, 3.8) is 0 Å². The van der Waals surface area contributed by atoms with Crippen LogP contribution in [0.3, 0.4) is 0 Å². The quantitative estimate of drug-likeness (QED) is 0.793. The van der Waals surface area contributed by atoms with E-state index >= 15 is 0 Å². The van der Waals surface area contributed by atoms with E-state index in [2.05, 4.69) is 6.92 Å². The Balaban J connectivity index is 2.54. The average molecular weight is 238 g/mol. The van der Waals surface area contributed by atoms with Gasteiger partial charge in [0, 0.05) is 13.5 Å². The Morgan fingerprint density at radius 1 is 1.24 bits per heavy atom. The monoisotopic (exact) mass is 238 g/mol. The Labute approximate surface area is 103 Å². The maximum Gasteiger partial charge on any atom is 0.119 e. The van der Waals surface area contributed by atoms with E-state index in [0.717, 1.165) is 24.3 Å². The molecule has 0 heterocycles. The SMILES string of the molecule is CCCOc1ccc(C(O)CC(C)OC)cc1. The largest absolute Gasteiger partial charge is 0.494 e. The van der Waals surface area contributed by atoms with Crippen molar-refractivity contribution in [2.24, 2.45) is 0 Å². The van der Waals surface area contributed by atoms with E-state index in [9.17, 15) is 5.11 Å². The summed E-state index contributed by atoms with van der Waals surface area (Å²) in [7, 11) is 1.65. The molecule has 1 rings (SSSR count). The summed E-state index contributed by atoms with van der Waals surface area (Å²) < 4.78 is 10.6. The van der Waals surface area contributed by atoms with Crippen molar-refractivity contribution in [3.8, 4) is 5.75 Å². The van der Waals surface area contributed by atoms with E-state index in [0.29, 0.717) is 6.42 Å². The molecule has 0 aliphatic heterocycles. The molecule has 0 amide bonds. The molecule has 17 heavy (non-hydrogen) atoms. The zero-order chi connectivity index (χ0) is 12.7. The van der Waals surface area contributed by atoms with E-state index in [-0.39, 0.29) is 6.10 Å². The number of methoxy groups -OCH3 is 1. The lowest BCUT2D eigenvalue weighted by Gasteiger charge is -2.15. The first-order valence-electron chi connectivity index (χ1n) is 6.11. The highest BCUT2D eigenvalue weighted by atomic mass is 16.5. The highest BCUT2D eigenvalue weighted by Gasteiger charge is 2.11. The standard InChI is InChI=1S/C14H22O3/c1-4-9-17-13-7-5-12(6-8-13)14(15)10-11(2)16-3/h5-8,11,14-15H,4,9-10H2,1-3H3. The molecule has 0 fully saturated rings. The molecule has 96 valence electrons. The van der Waals surface area contributed by atoms with Crippen LogP contribution in [0.2, 0.25) is 0 Å². The van der Waals surface area contributed by atoms with Gasteiger partial charge in [-0.05, 0) is 31.0 Å². The number of hydrogen-bond acceptors (Lipinski definition) is 3. The zero-order valence-corrected chi connectivity index (χ0v) is 10.8. The van der Waals surface area contributed by atoms with Crippen molar-refractivity contribution in [2.45, 2.75) is 38.9 Å². The van der Waals surface area contributed by atoms with E-state index in [1.165, 1.54) is 0 Å². The number of aliphatic hydroxyl groups excluding tert-OH is 1. The molecule has 1 aromatic carbocycles. The van der Waals surface area contributed by atoms with Crippen molar-refractivity contribution in [1.29, 1.82) is 0 Å². The van der Waals surface area contributed by atoms with Crippen LogP contribution in [-0.4, -0.2) is 24.9 Å². The van der Waals surface area contributed by atoms with Crippen LogP contribution in [0.25, 0.3) is 0 Å². The summed E-state index contributed by atoms with van der Waals surface area (Å²) in [5, 5.41) is 9.97. The first-order valence-corrected chi connectivity index (χ1v) is 6.11. The van der Waals surface area contributed by atoms with Crippen molar-refractivity contribution in [2.75, 3.05) is 13.7 Å². The third kappa shape index (κ3) is 4.75. The highest BCUT2D eigenvalue weighted by molar-refractivity contribution is 5.28. The van der Waals surface area contributed by atoms with Gasteiger partial charge >= 0.3 is 0 Å². The Bertz CT molecular complexity index is 308. The van der Waals surface area contributed by atoms with Crippen LogP contribution in [0.5, 0.6) is 5.75 Å². The van der Waals surface area contributed by atoms with Crippen molar-refractivity contribution in [3.05, 3.63) is 29.8 Å². The van der Waals surface area contributed by atoms with Gasteiger partial charge in [0.2, 0.25) is 0 Å². The Hall–Kier alpha value is -1.06. The lowest BCUT2D eigenvalue weighted by atomic mass is 10.0. The molecular weight excluding hydrogens is 216 g/mol. The van der Waals surface area contributed by atoms with Gasteiger partial charge < -0.3 is 14.6 Å². The average Bonchev–Trinajstić information content (AvgIpc) is 2.36. The Morgan fingerprint density at radius 3 is 2.41 bits per heavy atom. The van der Waals surface area contributed by atoms with Crippen LogP contribution in [0.15, 0.2) is 24.3 Å². The third-order valence-corrected chi connectivity index (χ3v) is 2.70. The predicted molar refractivity (Wildman–Crippen MR) is 68.3 cm³/mol. The zero-order valence-electron chi connectivity index (χ0n) is 10.8. The topological polar surface area (TPSA) is 38.7 Å². The summed E-state index contributed by atoms with van der Waals surface area (Å²) in [4.78, 5) is 0. The molecule has 1 aromatic rings. The van der Waals surface area contributed by atoms with Crippen LogP contribution in [0.1, 0.15) is 38.4 Å². The molecule has 0 radical (unpaired) electrons. The van der Waals surface area contributed by atoms with Crippen LogP contribution in [-0.2, 0) is 4.74 Å². The van der Waals surface area contributed by atoms with Crippen molar-refractivity contribution >= 4 is 0 Å². The predicted octanol–water partition coefficient (Wildman–Crippen LogP) is 2.93. The molecule has 3 nitrogen and oxygen atoms in total. The van der Waals surface area contributed by atoms with Gasteiger partial charge in [-0.1, -0.05) is 19.1 Å². The summed E-state index contributed by atoms with van der Waals surface area (Å²) >= 11 is 0. The van der Waals surface area contributed by atoms with Crippen molar-refractivity contribution < 1.29 is 14.6 Å². The number of benzene rings is 1. The number of rotatable bonds is 7. The lowest BCUT2D eigenvalue weighted by Crippen LogP contribution is -2.10. The van der Waals surface area contributed by atoms with Gasteiger partial charge in [-0.2, -0.15) is 0 Å². The summed E-state index contributed by atoms with van der Waals surface area (Å²) in [5.41, 5.74) is 0.901. The number of ether oxygens (including phenoxy) is 2. The normalized spacial score (nSPS) is 14.4. The second kappa shape index (κ2) is 7.30. The summed E-state index contributed by atoms with van der Waals surface area (Å²) in [6, 6.07) is 7.59. The minimum atomic E-state index is -0.481. The van der Waals surface area contributed by atoms with E-state index < -0.39 is 6.10 Å². The molecular formula is C14H22O3. The van der Waals surface area contributed by atoms with E-state index in [1.807, 2.05) is 31.2 Å². The van der Waals surface area contributed by atoms with E-state index in [4.69, 9.17) is 9.47 Å². The Kier molecular flexibility index (Phi) is 6.01. The molecule has 0 aliphatic carbocycles. The van der Waals surface area contributed by atoms with Crippen LogP contribution < -0.4 is 4.74 Å². The van der Waals surface area contributed by atoms with Gasteiger partial charge in [0.25, 0.3) is 0 Å². The molecule has 0 aliphatic rings. The van der Waals surface area contributed by atoms with Gasteiger partial charge in [-0.3, -0.25) is 0 Å². The van der Waals surface area contributed by atoms with Gasteiger partial charge in [0.05, 0.1) is 18.8 Å². The second-order valence-corrected chi connectivity index (χ2v) is 4.22. The summed E-state index contributed by atoms with van der Waals surface area (Å²) in [5.74, 6) is 0.850. The first-order chi connectivity index (χ1) is 8.17. The van der Waals surface area contributed by atoms with Crippen molar-refractivity contribution in [1.82, 2.24) is 0 Å². The van der Waals surface area contributed by atoms with Crippen LogP contribution in [0, 0.1) is 0 Å². The molecule has 0 spiro atoms. The minimum Gasteiger partial charge on any atom is -0.494 e. The molecule has 2 atom stereocenters. The van der Waals surface area contributed by atoms with Crippen LogP contribution >= 0.6 is 0 Å². The van der Waals surface area contributed by atoms with Gasteiger partial charge in [0.1, 0.15) is 5.75 Å². The molecule has 0 saturated carbocycles. The molecule has 1 N–H and O–H groups in total. The lowest BCUT2D eigenvalue weighted by molar-refractivity contribution is 0.0559. The molecule has 3 heteroatoms. The maximum absolute atomic E-state index is 9.97. The molecule has 0 bridgehead atoms. The van der Waals surface area contributed by atoms with E-state index in [1.54, 1.807) is 7.11 Å². The third-order valence-electron chi connectivity index (χ3n) is 2.70.